The van der Waals surface area contributed by atoms with Crippen molar-refractivity contribution in [2.75, 3.05) is 13.1 Å². The van der Waals surface area contributed by atoms with Gasteiger partial charge in [0.25, 0.3) is 5.56 Å². The fourth-order valence-electron chi connectivity index (χ4n) is 3.79. The molecule has 1 aromatic heterocycles. The summed E-state index contributed by atoms with van der Waals surface area (Å²) in [5.74, 6) is -1.74. The van der Waals surface area contributed by atoms with E-state index in [2.05, 4.69) is 5.10 Å². The average Bonchev–Trinajstić information content (AvgIpc) is 2.75. The van der Waals surface area contributed by atoms with Crippen LogP contribution in [-0.2, 0) is 16.1 Å². The number of aromatic nitrogens is 2. The van der Waals surface area contributed by atoms with Gasteiger partial charge in [-0.3, -0.25) is 14.4 Å². The lowest BCUT2D eigenvalue weighted by Gasteiger charge is -2.30. The fraction of sp³-hybridized carbons (Fsp3) is 0.273. The first-order valence-corrected chi connectivity index (χ1v) is 9.60. The van der Waals surface area contributed by atoms with Gasteiger partial charge in [-0.15, -0.1) is 0 Å². The Morgan fingerprint density at radius 1 is 1.07 bits per heavy atom. The molecule has 0 bridgehead atoms. The molecule has 3 aromatic rings. The van der Waals surface area contributed by atoms with E-state index < -0.39 is 11.9 Å². The standard InChI is InChI=1S/C22H21N3O4/c26-20-11-10-19(18-9-3-6-15-5-1-2-8-17(15)18)23-25(20)14-21(27)24-12-4-7-16(13-24)22(28)29/h1-3,5-6,8-11,16H,4,7,12-14H2,(H,28,29). The van der Waals surface area contributed by atoms with E-state index in [-0.39, 0.29) is 24.6 Å². The maximum Gasteiger partial charge on any atom is 0.308 e. The number of piperidine rings is 1. The summed E-state index contributed by atoms with van der Waals surface area (Å²) in [6.07, 6.45) is 1.20. The number of carboxylic acids is 1. The van der Waals surface area contributed by atoms with Crippen molar-refractivity contribution in [1.29, 1.82) is 0 Å². The molecule has 0 spiro atoms. The number of likely N-dealkylation sites (tertiary alicyclic amines) is 1. The van der Waals surface area contributed by atoms with Crippen LogP contribution in [-0.4, -0.2) is 44.8 Å². The molecule has 148 valence electrons. The minimum Gasteiger partial charge on any atom is -0.481 e. The number of hydrogen-bond donors (Lipinski definition) is 1. The molecule has 1 amide bonds. The lowest BCUT2D eigenvalue weighted by atomic mass is 9.98. The normalized spacial score (nSPS) is 16.7. The minimum atomic E-state index is -0.893. The molecule has 29 heavy (non-hydrogen) atoms. The Bertz CT molecular complexity index is 1130. The van der Waals surface area contributed by atoms with Crippen molar-refractivity contribution in [3.63, 3.8) is 0 Å². The van der Waals surface area contributed by atoms with Crippen molar-refractivity contribution in [2.24, 2.45) is 5.92 Å². The Hall–Kier alpha value is -3.48. The summed E-state index contributed by atoms with van der Waals surface area (Å²) in [5, 5.41) is 15.7. The Morgan fingerprint density at radius 2 is 1.86 bits per heavy atom. The first-order chi connectivity index (χ1) is 14.0. The lowest BCUT2D eigenvalue weighted by molar-refractivity contribution is -0.145. The van der Waals surface area contributed by atoms with Gasteiger partial charge in [-0.1, -0.05) is 42.5 Å². The van der Waals surface area contributed by atoms with Gasteiger partial charge in [-0.2, -0.15) is 5.10 Å². The lowest BCUT2D eigenvalue weighted by Crippen LogP contribution is -2.44. The van der Waals surface area contributed by atoms with Crippen LogP contribution in [0.1, 0.15) is 12.8 Å². The van der Waals surface area contributed by atoms with Gasteiger partial charge in [0.05, 0.1) is 11.6 Å². The summed E-state index contributed by atoms with van der Waals surface area (Å²) in [4.78, 5) is 37.7. The molecule has 2 heterocycles. The molecule has 7 heteroatoms. The van der Waals surface area contributed by atoms with Crippen molar-refractivity contribution < 1.29 is 14.7 Å². The van der Waals surface area contributed by atoms with Crippen LogP contribution in [0.3, 0.4) is 0 Å². The quantitative estimate of drug-likeness (QED) is 0.737. The minimum absolute atomic E-state index is 0.173. The summed E-state index contributed by atoms with van der Waals surface area (Å²) >= 11 is 0. The number of rotatable bonds is 4. The zero-order valence-electron chi connectivity index (χ0n) is 15.8. The third kappa shape index (κ3) is 3.89. The smallest absolute Gasteiger partial charge is 0.308 e. The number of nitrogens with zero attached hydrogens (tertiary/aromatic N) is 3. The van der Waals surface area contributed by atoms with E-state index in [1.165, 1.54) is 11.0 Å². The summed E-state index contributed by atoms with van der Waals surface area (Å²) in [6, 6.07) is 16.8. The molecular formula is C22H21N3O4. The highest BCUT2D eigenvalue weighted by Crippen LogP contribution is 2.26. The number of fused-ring (bicyclic) bond motifs is 1. The number of hydrogen-bond acceptors (Lipinski definition) is 4. The fourth-order valence-corrected chi connectivity index (χ4v) is 3.79. The highest BCUT2D eigenvalue weighted by molar-refractivity contribution is 5.95. The third-order valence-electron chi connectivity index (χ3n) is 5.34. The first kappa shape index (κ1) is 18.9. The summed E-state index contributed by atoms with van der Waals surface area (Å²) in [5.41, 5.74) is 1.12. The van der Waals surface area contributed by atoms with Crippen LogP contribution in [0.15, 0.2) is 59.4 Å². The van der Waals surface area contributed by atoms with Gasteiger partial charge in [0.1, 0.15) is 6.54 Å². The van der Waals surface area contributed by atoms with E-state index in [4.69, 9.17) is 0 Å². The zero-order chi connectivity index (χ0) is 20.4. The van der Waals surface area contributed by atoms with E-state index in [0.29, 0.717) is 25.1 Å². The van der Waals surface area contributed by atoms with Crippen LogP contribution in [0.2, 0.25) is 0 Å². The summed E-state index contributed by atoms with van der Waals surface area (Å²) in [7, 11) is 0. The van der Waals surface area contributed by atoms with E-state index in [9.17, 15) is 19.5 Å². The molecule has 1 atom stereocenters. The Morgan fingerprint density at radius 3 is 2.69 bits per heavy atom. The third-order valence-corrected chi connectivity index (χ3v) is 5.34. The molecule has 4 rings (SSSR count). The molecule has 2 aromatic carbocycles. The van der Waals surface area contributed by atoms with Crippen LogP contribution in [0.5, 0.6) is 0 Å². The van der Waals surface area contributed by atoms with Gasteiger partial charge in [-0.05, 0) is 29.7 Å². The van der Waals surface area contributed by atoms with Gasteiger partial charge in [0.2, 0.25) is 5.91 Å². The van der Waals surface area contributed by atoms with E-state index >= 15 is 0 Å². The van der Waals surface area contributed by atoms with Crippen molar-refractivity contribution in [3.05, 3.63) is 65.0 Å². The number of benzene rings is 2. The highest BCUT2D eigenvalue weighted by Gasteiger charge is 2.28. The number of aliphatic carboxylic acids is 1. The second-order valence-corrected chi connectivity index (χ2v) is 7.26. The Labute approximate surface area is 167 Å². The van der Waals surface area contributed by atoms with Crippen LogP contribution in [0.25, 0.3) is 22.0 Å². The zero-order valence-corrected chi connectivity index (χ0v) is 15.8. The molecule has 0 saturated carbocycles. The van der Waals surface area contributed by atoms with Gasteiger partial charge < -0.3 is 10.0 Å². The van der Waals surface area contributed by atoms with E-state index in [1.54, 1.807) is 6.07 Å². The molecule has 0 aliphatic carbocycles. The number of carbonyl (C=O) groups is 2. The second kappa shape index (κ2) is 7.87. The molecule has 1 aliphatic rings. The van der Waals surface area contributed by atoms with Gasteiger partial charge in [0.15, 0.2) is 0 Å². The van der Waals surface area contributed by atoms with Gasteiger partial charge in [0, 0.05) is 24.7 Å². The van der Waals surface area contributed by atoms with E-state index in [1.807, 2.05) is 42.5 Å². The summed E-state index contributed by atoms with van der Waals surface area (Å²) < 4.78 is 1.16. The molecule has 1 aliphatic heterocycles. The maximum absolute atomic E-state index is 12.7. The molecule has 1 N–H and O–H groups in total. The van der Waals surface area contributed by atoms with Crippen LogP contribution in [0.4, 0.5) is 0 Å². The number of carboxylic acid groups (broad SMARTS) is 1. The van der Waals surface area contributed by atoms with Crippen molar-refractivity contribution in [3.8, 4) is 11.3 Å². The summed E-state index contributed by atoms with van der Waals surface area (Å²) in [6.45, 7) is 0.468. The highest BCUT2D eigenvalue weighted by atomic mass is 16.4. The number of amides is 1. The average molecular weight is 391 g/mol. The molecule has 1 fully saturated rings. The molecule has 1 saturated heterocycles. The molecular weight excluding hydrogens is 370 g/mol. The molecule has 0 radical (unpaired) electrons. The van der Waals surface area contributed by atoms with Gasteiger partial charge in [-0.25, -0.2) is 4.68 Å². The predicted molar refractivity (Wildman–Crippen MR) is 108 cm³/mol. The largest absolute Gasteiger partial charge is 0.481 e. The predicted octanol–water partition coefficient (Wildman–Crippen LogP) is 2.39. The second-order valence-electron chi connectivity index (χ2n) is 7.26. The Kier molecular flexibility index (Phi) is 5.12. The maximum atomic E-state index is 12.7. The Balaban J connectivity index is 1.61. The van der Waals surface area contributed by atoms with Crippen molar-refractivity contribution in [2.45, 2.75) is 19.4 Å². The molecule has 7 nitrogen and oxygen atoms in total. The number of carbonyl (C=O) groups excluding carboxylic acids is 1. The topological polar surface area (TPSA) is 92.5 Å². The van der Waals surface area contributed by atoms with Gasteiger partial charge >= 0.3 is 5.97 Å². The van der Waals surface area contributed by atoms with Crippen LogP contribution in [0, 0.1) is 5.92 Å². The molecule has 1 unspecified atom stereocenters. The SMILES string of the molecule is O=C(O)C1CCCN(C(=O)Cn2nc(-c3cccc4ccccc34)ccc2=O)C1. The van der Waals surface area contributed by atoms with Crippen molar-refractivity contribution in [1.82, 2.24) is 14.7 Å². The van der Waals surface area contributed by atoms with Crippen LogP contribution < -0.4 is 5.56 Å². The monoisotopic (exact) mass is 391 g/mol. The van der Waals surface area contributed by atoms with Crippen LogP contribution >= 0.6 is 0 Å². The van der Waals surface area contributed by atoms with Crippen molar-refractivity contribution >= 4 is 22.6 Å². The van der Waals surface area contributed by atoms with E-state index in [0.717, 1.165) is 21.0 Å². The first-order valence-electron chi connectivity index (χ1n) is 9.60.